The molecule has 0 radical (unpaired) electrons. The third-order valence-corrected chi connectivity index (χ3v) is 2.74. The van der Waals surface area contributed by atoms with Crippen molar-refractivity contribution in [1.29, 1.82) is 0 Å². The number of alkyl halides is 5. The standard InChI is InChI=1S/C8H10ClF4NO/c1-5(2-9)6(15)14-3-7(10,11)8(12,13)4-14/h5H,2-4H2,1H3. The van der Waals surface area contributed by atoms with Crippen LogP contribution in [0.4, 0.5) is 17.6 Å². The summed E-state index contributed by atoms with van der Waals surface area (Å²) in [6, 6.07) is 0. The van der Waals surface area contributed by atoms with Gasteiger partial charge in [0.15, 0.2) is 0 Å². The van der Waals surface area contributed by atoms with E-state index in [2.05, 4.69) is 0 Å². The molecule has 1 unspecified atom stereocenters. The zero-order valence-corrected chi connectivity index (χ0v) is 8.70. The van der Waals surface area contributed by atoms with Gasteiger partial charge in [-0.05, 0) is 0 Å². The van der Waals surface area contributed by atoms with Crippen molar-refractivity contribution in [2.24, 2.45) is 5.92 Å². The van der Waals surface area contributed by atoms with Crippen LogP contribution in [0.25, 0.3) is 0 Å². The summed E-state index contributed by atoms with van der Waals surface area (Å²) in [6.07, 6.45) is 0. The molecule has 0 aromatic rings. The molecule has 1 atom stereocenters. The molecule has 2 nitrogen and oxygen atoms in total. The first-order chi connectivity index (χ1) is 6.71. The molecule has 7 heteroatoms. The lowest BCUT2D eigenvalue weighted by molar-refractivity contribution is -0.172. The molecule has 0 spiro atoms. The van der Waals surface area contributed by atoms with Crippen LogP contribution in [-0.2, 0) is 4.79 Å². The first kappa shape index (κ1) is 12.5. The van der Waals surface area contributed by atoms with E-state index >= 15 is 0 Å². The molecule has 0 N–H and O–H groups in total. The van der Waals surface area contributed by atoms with Gasteiger partial charge in [0, 0.05) is 11.8 Å². The van der Waals surface area contributed by atoms with E-state index in [1.165, 1.54) is 6.92 Å². The van der Waals surface area contributed by atoms with Gasteiger partial charge >= 0.3 is 11.8 Å². The average molecular weight is 248 g/mol. The van der Waals surface area contributed by atoms with Gasteiger partial charge in [0.2, 0.25) is 5.91 Å². The van der Waals surface area contributed by atoms with Crippen molar-refractivity contribution in [2.75, 3.05) is 19.0 Å². The van der Waals surface area contributed by atoms with E-state index in [1.54, 1.807) is 0 Å². The lowest BCUT2D eigenvalue weighted by Crippen LogP contribution is -2.38. The zero-order valence-electron chi connectivity index (χ0n) is 7.94. The highest BCUT2D eigenvalue weighted by Crippen LogP contribution is 2.41. The molecule has 88 valence electrons. The summed E-state index contributed by atoms with van der Waals surface area (Å²) in [4.78, 5) is 11.8. The third-order valence-electron chi connectivity index (χ3n) is 2.28. The second kappa shape index (κ2) is 3.81. The maximum absolute atomic E-state index is 12.7. The Hall–Kier alpha value is -0.520. The number of nitrogens with zero attached hydrogens (tertiary/aromatic N) is 1. The van der Waals surface area contributed by atoms with Gasteiger partial charge < -0.3 is 4.90 Å². The molecule has 15 heavy (non-hydrogen) atoms. The van der Waals surface area contributed by atoms with E-state index in [1.807, 2.05) is 0 Å². The SMILES string of the molecule is CC(CCl)C(=O)N1CC(F)(F)C(F)(F)C1. The molecule has 1 aliphatic heterocycles. The van der Waals surface area contributed by atoms with Crippen molar-refractivity contribution < 1.29 is 22.4 Å². The van der Waals surface area contributed by atoms with Crippen molar-refractivity contribution in [3.8, 4) is 0 Å². The van der Waals surface area contributed by atoms with E-state index < -0.39 is 36.8 Å². The Balaban J connectivity index is 2.75. The summed E-state index contributed by atoms with van der Waals surface area (Å²) in [6.45, 7) is -1.07. The van der Waals surface area contributed by atoms with Crippen LogP contribution in [0.2, 0.25) is 0 Å². The van der Waals surface area contributed by atoms with Crippen LogP contribution < -0.4 is 0 Å². The van der Waals surface area contributed by atoms with Gasteiger partial charge in [0.25, 0.3) is 0 Å². The summed E-state index contributed by atoms with van der Waals surface area (Å²) in [5, 5.41) is 0. The quantitative estimate of drug-likeness (QED) is 0.540. The van der Waals surface area contributed by atoms with E-state index in [9.17, 15) is 22.4 Å². The smallest absolute Gasteiger partial charge is 0.329 e. The normalized spacial score (nSPS) is 25.3. The molecule has 1 amide bonds. The van der Waals surface area contributed by atoms with E-state index in [0.29, 0.717) is 4.90 Å². The molecule has 1 aliphatic rings. The van der Waals surface area contributed by atoms with Gasteiger partial charge in [0.1, 0.15) is 0 Å². The Morgan fingerprint density at radius 3 is 2.07 bits per heavy atom. The van der Waals surface area contributed by atoms with E-state index in [0.717, 1.165) is 0 Å². The molecule has 0 bridgehead atoms. The number of halogens is 5. The van der Waals surface area contributed by atoms with Crippen LogP contribution in [0.1, 0.15) is 6.92 Å². The highest BCUT2D eigenvalue weighted by Gasteiger charge is 2.63. The average Bonchev–Trinajstić information content (AvgIpc) is 2.33. The Morgan fingerprint density at radius 2 is 1.73 bits per heavy atom. The topological polar surface area (TPSA) is 20.3 Å². The Kier molecular flexibility index (Phi) is 3.19. The number of amides is 1. The number of hydrogen-bond acceptors (Lipinski definition) is 1. The van der Waals surface area contributed by atoms with Crippen molar-refractivity contribution in [3.05, 3.63) is 0 Å². The highest BCUT2D eigenvalue weighted by molar-refractivity contribution is 6.19. The minimum absolute atomic E-state index is 0.0769. The van der Waals surface area contributed by atoms with Crippen LogP contribution in [0.5, 0.6) is 0 Å². The fourth-order valence-corrected chi connectivity index (χ4v) is 1.43. The maximum atomic E-state index is 12.7. The molecule has 1 rings (SSSR count). The van der Waals surface area contributed by atoms with Crippen LogP contribution in [0.3, 0.4) is 0 Å². The lowest BCUT2D eigenvalue weighted by Gasteiger charge is -2.18. The summed E-state index contributed by atoms with van der Waals surface area (Å²) in [7, 11) is 0. The van der Waals surface area contributed by atoms with Crippen LogP contribution in [-0.4, -0.2) is 41.6 Å². The second-order valence-corrected chi connectivity index (χ2v) is 3.97. The minimum atomic E-state index is -4.14. The van der Waals surface area contributed by atoms with Crippen molar-refractivity contribution >= 4 is 17.5 Å². The van der Waals surface area contributed by atoms with Crippen LogP contribution in [0.15, 0.2) is 0 Å². The minimum Gasteiger partial charge on any atom is -0.330 e. The summed E-state index contributed by atoms with van der Waals surface area (Å²) in [5.41, 5.74) is 0. The number of hydrogen-bond donors (Lipinski definition) is 0. The van der Waals surface area contributed by atoms with Gasteiger partial charge in [-0.3, -0.25) is 4.79 Å². The Labute approximate surface area is 89.2 Å². The van der Waals surface area contributed by atoms with E-state index in [-0.39, 0.29) is 5.88 Å². The predicted octanol–water partition coefficient (Wildman–Crippen LogP) is 1.97. The molecule has 0 saturated carbocycles. The van der Waals surface area contributed by atoms with Crippen molar-refractivity contribution in [3.63, 3.8) is 0 Å². The maximum Gasteiger partial charge on any atom is 0.329 e. The van der Waals surface area contributed by atoms with E-state index in [4.69, 9.17) is 11.6 Å². The predicted molar refractivity (Wildman–Crippen MR) is 46.4 cm³/mol. The fourth-order valence-electron chi connectivity index (χ4n) is 1.30. The summed E-state index contributed by atoms with van der Waals surface area (Å²) in [5.74, 6) is -9.85. The van der Waals surface area contributed by atoms with Gasteiger partial charge in [-0.1, -0.05) is 6.92 Å². The van der Waals surface area contributed by atoms with Gasteiger partial charge in [0.05, 0.1) is 13.1 Å². The molecular formula is C8H10ClF4NO. The number of likely N-dealkylation sites (tertiary alicyclic amines) is 1. The molecule has 0 aromatic carbocycles. The van der Waals surface area contributed by atoms with Crippen molar-refractivity contribution in [1.82, 2.24) is 4.90 Å². The molecule has 1 heterocycles. The second-order valence-electron chi connectivity index (χ2n) is 3.66. The van der Waals surface area contributed by atoms with Crippen LogP contribution >= 0.6 is 11.6 Å². The largest absolute Gasteiger partial charge is 0.330 e. The summed E-state index contributed by atoms with van der Waals surface area (Å²) >= 11 is 5.34. The molecule has 1 fully saturated rings. The third kappa shape index (κ3) is 2.19. The van der Waals surface area contributed by atoms with Crippen LogP contribution in [0, 0.1) is 5.92 Å². The molecule has 1 saturated heterocycles. The monoisotopic (exact) mass is 247 g/mol. The number of carbonyl (C=O) groups excluding carboxylic acids is 1. The lowest BCUT2D eigenvalue weighted by atomic mass is 10.2. The number of rotatable bonds is 2. The van der Waals surface area contributed by atoms with Crippen molar-refractivity contribution in [2.45, 2.75) is 18.8 Å². The van der Waals surface area contributed by atoms with Gasteiger partial charge in [-0.15, -0.1) is 11.6 Å². The van der Waals surface area contributed by atoms with Gasteiger partial charge in [-0.2, -0.15) is 17.6 Å². The zero-order chi connectivity index (χ0) is 11.9. The first-order valence-corrected chi connectivity index (χ1v) is 4.85. The molecule has 0 aromatic heterocycles. The summed E-state index contributed by atoms with van der Waals surface area (Å²) < 4.78 is 50.9. The Bertz CT molecular complexity index is 255. The number of carbonyl (C=O) groups is 1. The first-order valence-electron chi connectivity index (χ1n) is 4.31. The Morgan fingerprint density at radius 1 is 1.33 bits per heavy atom. The van der Waals surface area contributed by atoms with Gasteiger partial charge in [-0.25, -0.2) is 0 Å². The fraction of sp³-hybridized carbons (Fsp3) is 0.875. The molecule has 0 aliphatic carbocycles. The highest BCUT2D eigenvalue weighted by atomic mass is 35.5. The molecular weight excluding hydrogens is 238 g/mol.